The van der Waals surface area contributed by atoms with E-state index in [1.165, 1.54) is 18.4 Å². The third-order valence-electron chi connectivity index (χ3n) is 5.82. The summed E-state index contributed by atoms with van der Waals surface area (Å²) in [6.07, 6.45) is 3.46. The van der Waals surface area contributed by atoms with Gasteiger partial charge < -0.3 is 14.8 Å². The van der Waals surface area contributed by atoms with Crippen LogP contribution in [0.5, 0.6) is 5.75 Å². The molecule has 0 radical (unpaired) electrons. The molecule has 1 N–H and O–H groups in total. The lowest BCUT2D eigenvalue weighted by atomic mass is 9.90. The quantitative estimate of drug-likeness (QED) is 0.756. The molecule has 0 aromatic heterocycles. The molecule has 2 atom stereocenters. The number of piperazine rings is 1. The summed E-state index contributed by atoms with van der Waals surface area (Å²) < 4.78 is 6.00. The number of hydrogen-bond donors (Lipinski definition) is 1. The lowest BCUT2D eigenvalue weighted by Gasteiger charge is -2.43. The normalized spacial score (nSPS) is 25.9. The number of rotatable bonds is 7. The summed E-state index contributed by atoms with van der Waals surface area (Å²) in [5.41, 5.74) is 1.44. The van der Waals surface area contributed by atoms with E-state index in [-0.39, 0.29) is 0 Å². The van der Waals surface area contributed by atoms with Crippen molar-refractivity contribution >= 4 is 6.29 Å². The largest absolute Gasteiger partial charge is 0.492 e. The SMILES string of the molecule is C[C@@H]1CN(CC=O)C[C@H](C)N1CCOc1ccc(C2CCNCC2)cc1. The first kappa shape index (κ1) is 19.3. The van der Waals surface area contributed by atoms with Crippen molar-refractivity contribution in [1.29, 1.82) is 0 Å². The minimum Gasteiger partial charge on any atom is -0.492 e. The lowest BCUT2D eigenvalue weighted by Crippen LogP contribution is -2.57. The minimum atomic E-state index is 0.449. The molecule has 2 fully saturated rings. The van der Waals surface area contributed by atoms with Crippen LogP contribution in [0.25, 0.3) is 0 Å². The zero-order valence-electron chi connectivity index (χ0n) is 16.2. The molecule has 0 aliphatic carbocycles. The Hall–Kier alpha value is -1.43. The van der Waals surface area contributed by atoms with Crippen LogP contribution in [-0.4, -0.2) is 74.0 Å². The zero-order valence-corrected chi connectivity index (χ0v) is 16.2. The van der Waals surface area contributed by atoms with E-state index in [1.54, 1.807) is 0 Å². The summed E-state index contributed by atoms with van der Waals surface area (Å²) in [5, 5.41) is 3.42. The van der Waals surface area contributed by atoms with Crippen molar-refractivity contribution < 1.29 is 9.53 Å². The van der Waals surface area contributed by atoms with Crippen LogP contribution in [0.3, 0.4) is 0 Å². The lowest BCUT2D eigenvalue weighted by molar-refractivity contribution is -0.109. The van der Waals surface area contributed by atoms with E-state index in [0.29, 0.717) is 31.2 Å². The molecule has 144 valence electrons. The van der Waals surface area contributed by atoms with E-state index in [4.69, 9.17) is 4.74 Å². The van der Waals surface area contributed by atoms with Crippen molar-refractivity contribution in [2.75, 3.05) is 45.9 Å². The Bertz CT molecular complexity index is 545. The van der Waals surface area contributed by atoms with E-state index in [1.807, 2.05) is 0 Å². The van der Waals surface area contributed by atoms with Crippen molar-refractivity contribution in [1.82, 2.24) is 15.1 Å². The van der Waals surface area contributed by atoms with Crippen LogP contribution in [0.15, 0.2) is 24.3 Å². The molecular weight excluding hydrogens is 326 g/mol. The molecule has 1 aromatic carbocycles. The number of carbonyl (C=O) groups is 1. The topological polar surface area (TPSA) is 44.8 Å². The standard InChI is InChI=1S/C21H33N3O2/c1-17-15-23(11-13-25)16-18(2)24(17)12-14-26-21-5-3-19(4-6-21)20-7-9-22-10-8-20/h3-6,13,17-18,20,22H,7-12,14-16H2,1-2H3/t17-,18+. The summed E-state index contributed by atoms with van der Waals surface area (Å²) in [6, 6.07) is 9.59. The number of benzene rings is 1. The zero-order chi connectivity index (χ0) is 18.4. The van der Waals surface area contributed by atoms with Crippen LogP contribution < -0.4 is 10.1 Å². The molecule has 2 aliphatic heterocycles. The molecule has 1 aromatic rings. The van der Waals surface area contributed by atoms with Crippen molar-refractivity contribution in [2.45, 2.75) is 44.7 Å². The Morgan fingerprint density at radius 1 is 1.12 bits per heavy atom. The summed E-state index contributed by atoms with van der Waals surface area (Å²) >= 11 is 0. The third-order valence-corrected chi connectivity index (χ3v) is 5.82. The van der Waals surface area contributed by atoms with Gasteiger partial charge in [-0.15, -0.1) is 0 Å². The first-order valence-corrected chi connectivity index (χ1v) is 10.0. The van der Waals surface area contributed by atoms with Crippen LogP contribution in [-0.2, 0) is 4.79 Å². The highest BCUT2D eigenvalue weighted by Crippen LogP contribution is 2.26. The monoisotopic (exact) mass is 359 g/mol. The van der Waals surface area contributed by atoms with Gasteiger partial charge in [-0.3, -0.25) is 9.80 Å². The van der Waals surface area contributed by atoms with Gasteiger partial charge in [-0.2, -0.15) is 0 Å². The highest BCUT2D eigenvalue weighted by Gasteiger charge is 2.28. The smallest absolute Gasteiger partial charge is 0.133 e. The molecule has 0 bridgehead atoms. The van der Waals surface area contributed by atoms with Gasteiger partial charge in [0.25, 0.3) is 0 Å². The molecular formula is C21H33N3O2. The van der Waals surface area contributed by atoms with E-state index >= 15 is 0 Å². The van der Waals surface area contributed by atoms with Gasteiger partial charge in [0.15, 0.2) is 0 Å². The first-order chi connectivity index (χ1) is 12.7. The Morgan fingerprint density at radius 3 is 2.38 bits per heavy atom. The van der Waals surface area contributed by atoms with Crippen LogP contribution in [0, 0.1) is 0 Å². The van der Waals surface area contributed by atoms with Crippen LogP contribution >= 0.6 is 0 Å². The highest BCUT2D eigenvalue weighted by molar-refractivity contribution is 5.52. The van der Waals surface area contributed by atoms with Crippen LogP contribution in [0.4, 0.5) is 0 Å². The number of hydrogen-bond acceptors (Lipinski definition) is 5. The van der Waals surface area contributed by atoms with Crippen molar-refractivity contribution in [3.63, 3.8) is 0 Å². The van der Waals surface area contributed by atoms with E-state index in [2.05, 4.69) is 53.2 Å². The maximum atomic E-state index is 10.7. The molecule has 2 saturated heterocycles. The Labute approximate surface area is 157 Å². The van der Waals surface area contributed by atoms with Gasteiger partial charge in [-0.05, 0) is 63.4 Å². The Balaban J connectivity index is 1.45. The van der Waals surface area contributed by atoms with Crippen LogP contribution in [0.2, 0.25) is 0 Å². The number of ether oxygens (including phenoxy) is 1. The molecule has 0 saturated carbocycles. The molecule has 0 unspecified atom stereocenters. The molecule has 5 nitrogen and oxygen atoms in total. The number of nitrogens with zero attached hydrogens (tertiary/aromatic N) is 2. The second kappa shape index (κ2) is 9.49. The van der Waals surface area contributed by atoms with Gasteiger partial charge in [-0.1, -0.05) is 12.1 Å². The molecule has 26 heavy (non-hydrogen) atoms. The fraction of sp³-hybridized carbons (Fsp3) is 0.667. The number of nitrogens with one attached hydrogen (secondary N) is 1. The highest BCUT2D eigenvalue weighted by atomic mass is 16.5. The molecule has 0 amide bonds. The average Bonchev–Trinajstić information content (AvgIpc) is 2.65. The summed E-state index contributed by atoms with van der Waals surface area (Å²) in [5.74, 6) is 1.65. The van der Waals surface area contributed by atoms with Gasteiger partial charge in [0.2, 0.25) is 0 Å². The summed E-state index contributed by atoms with van der Waals surface area (Å²) in [7, 11) is 0. The fourth-order valence-electron chi connectivity index (χ4n) is 4.42. The average molecular weight is 360 g/mol. The van der Waals surface area contributed by atoms with Gasteiger partial charge in [0.05, 0.1) is 6.54 Å². The Kier molecular flexibility index (Phi) is 7.06. The van der Waals surface area contributed by atoms with E-state index < -0.39 is 0 Å². The predicted molar refractivity (Wildman–Crippen MR) is 105 cm³/mol. The Morgan fingerprint density at radius 2 is 1.77 bits per heavy atom. The molecule has 2 aliphatic rings. The molecule has 0 spiro atoms. The number of aldehydes is 1. The van der Waals surface area contributed by atoms with Crippen LogP contribution in [0.1, 0.15) is 38.2 Å². The number of piperidine rings is 1. The maximum Gasteiger partial charge on any atom is 0.133 e. The fourth-order valence-corrected chi connectivity index (χ4v) is 4.42. The number of carbonyl (C=O) groups excluding carboxylic acids is 1. The second-order valence-electron chi connectivity index (χ2n) is 7.76. The van der Waals surface area contributed by atoms with Gasteiger partial charge >= 0.3 is 0 Å². The molecule has 5 heteroatoms. The van der Waals surface area contributed by atoms with Crippen molar-refractivity contribution in [3.05, 3.63) is 29.8 Å². The van der Waals surface area contributed by atoms with E-state index in [9.17, 15) is 4.79 Å². The van der Waals surface area contributed by atoms with Gasteiger partial charge in [0, 0.05) is 31.7 Å². The predicted octanol–water partition coefficient (Wildman–Crippen LogP) is 2.13. The van der Waals surface area contributed by atoms with Crippen molar-refractivity contribution in [3.8, 4) is 5.75 Å². The van der Waals surface area contributed by atoms with Crippen molar-refractivity contribution in [2.24, 2.45) is 0 Å². The summed E-state index contributed by atoms with van der Waals surface area (Å²) in [6.45, 7) is 10.8. The summed E-state index contributed by atoms with van der Waals surface area (Å²) in [4.78, 5) is 15.5. The van der Waals surface area contributed by atoms with Gasteiger partial charge in [0.1, 0.15) is 18.6 Å². The van der Waals surface area contributed by atoms with E-state index in [0.717, 1.165) is 44.8 Å². The second-order valence-corrected chi connectivity index (χ2v) is 7.76. The van der Waals surface area contributed by atoms with Gasteiger partial charge in [-0.25, -0.2) is 0 Å². The molecule has 2 heterocycles. The third kappa shape index (κ3) is 5.06. The first-order valence-electron chi connectivity index (χ1n) is 10.0. The minimum absolute atomic E-state index is 0.449. The maximum absolute atomic E-state index is 10.7. The molecule has 3 rings (SSSR count).